The zero-order valence-corrected chi connectivity index (χ0v) is 22.9. The van der Waals surface area contributed by atoms with Gasteiger partial charge < -0.3 is 9.80 Å². The zero-order chi connectivity index (χ0) is 24.6. The molecule has 0 unspecified atom stereocenters. The number of carbonyl (C=O) groups is 2. The Morgan fingerprint density at radius 3 is 1.35 bits per heavy atom. The second-order valence-electron chi connectivity index (χ2n) is 9.78. The topological polar surface area (TPSA) is 40.6 Å². The van der Waals surface area contributed by atoms with Crippen LogP contribution in [0.5, 0.6) is 0 Å². The van der Waals surface area contributed by atoms with Crippen molar-refractivity contribution in [3.63, 3.8) is 0 Å². The van der Waals surface area contributed by atoms with Crippen LogP contribution in [0.3, 0.4) is 0 Å². The third-order valence-electron chi connectivity index (χ3n) is 6.51. The molecule has 0 aliphatic carbocycles. The molecule has 4 nitrogen and oxygen atoms in total. The molecule has 2 aliphatic rings. The number of rotatable bonds is 10. The maximum absolute atomic E-state index is 14.0. The van der Waals surface area contributed by atoms with Gasteiger partial charge in [-0.1, -0.05) is 54.4 Å². The SMILES string of the molecule is CCCCN1C(=O)C2=C(c3ccc(C(C)C)s3)N(CCCC)C(=O)C2=C1c1ccc(C(C)C)s1. The molecule has 0 saturated carbocycles. The molecule has 0 atom stereocenters. The predicted molar refractivity (Wildman–Crippen MR) is 144 cm³/mol. The molecule has 2 aliphatic heterocycles. The van der Waals surface area contributed by atoms with Crippen LogP contribution in [-0.2, 0) is 9.59 Å². The summed E-state index contributed by atoms with van der Waals surface area (Å²) in [5.41, 5.74) is 2.88. The van der Waals surface area contributed by atoms with E-state index < -0.39 is 0 Å². The fourth-order valence-corrected chi connectivity index (χ4v) is 6.69. The highest BCUT2D eigenvalue weighted by molar-refractivity contribution is 7.13. The van der Waals surface area contributed by atoms with Crippen molar-refractivity contribution >= 4 is 45.9 Å². The first-order chi connectivity index (χ1) is 16.3. The molecule has 2 aromatic rings. The maximum Gasteiger partial charge on any atom is 0.261 e. The lowest BCUT2D eigenvalue weighted by Gasteiger charge is -2.24. The van der Waals surface area contributed by atoms with Gasteiger partial charge in [-0.2, -0.15) is 0 Å². The minimum absolute atomic E-state index is 0.0141. The van der Waals surface area contributed by atoms with Gasteiger partial charge in [0.05, 0.1) is 32.3 Å². The van der Waals surface area contributed by atoms with Crippen LogP contribution in [0.4, 0.5) is 0 Å². The summed E-state index contributed by atoms with van der Waals surface area (Å²) in [7, 11) is 0. The van der Waals surface area contributed by atoms with E-state index in [1.165, 1.54) is 9.75 Å². The molecular formula is C28H36N2O2S2. The molecule has 0 saturated heterocycles. The third kappa shape index (κ3) is 4.31. The van der Waals surface area contributed by atoms with Crippen molar-refractivity contribution in [3.05, 3.63) is 54.9 Å². The minimum Gasteiger partial charge on any atom is -0.306 e. The van der Waals surface area contributed by atoms with Gasteiger partial charge in [0.1, 0.15) is 0 Å². The quantitative estimate of drug-likeness (QED) is 0.342. The van der Waals surface area contributed by atoms with Gasteiger partial charge in [0.2, 0.25) is 0 Å². The fraction of sp³-hybridized carbons (Fsp3) is 0.500. The summed E-state index contributed by atoms with van der Waals surface area (Å²) in [6.07, 6.45) is 3.83. The predicted octanol–water partition coefficient (Wildman–Crippen LogP) is 7.46. The molecule has 0 fully saturated rings. The van der Waals surface area contributed by atoms with Crippen LogP contribution in [0, 0.1) is 0 Å². The van der Waals surface area contributed by atoms with Crippen molar-refractivity contribution in [2.75, 3.05) is 13.1 Å². The van der Waals surface area contributed by atoms with Crippen LogP contribution in [0.15, 0.2) is 35.4 Å². The maximum atomic E-state index is 14.0. The Hall–Kier alpha value is -2.18. The largest absolute Gasteiger partial charge is 0.306 e. The number of amides is 2. The Balaban J connectivity index is 1.93. The molecule has 0 radical (unpaired) electrons. The molecule has 0 aromatic carbocycles. The Kier molecular flexibility index (Phi) is 7.48. The van der Waals surface area contributed by atoms with Gasteiger partial charge in [-0.05, 0) is 48.9 Å². The Morgan fingerprint density at radius 2 is 1.06 bits per heavy atom. The third-order valence-corrected chi connectivity index (χ3v) is 9.30. The average molecular weight is 497 g/mol. The number of carbonyl (C=O) groups excluding carboxylic acids is 2. The first-order valence-corrected chi connectivity index (χ1v) is 14.3. The van der Waals surface area contributed by atoms with Crippen molar-refractivity contribution < 1.29 is 9.59 Å². The van der Waals surface area contributed by atoms with Crippen LogP contribution >= 0.6 is 22.7 Å². The van der Waals surface area contributed by atoms with E-state index in [9.17, 15) is 9.59 Å². The first kappa shape index (κ1) is 24.9. The summed E-state index contributed by atoms with van der Waals surface area (Å²) < 4.78 is 0. The van der Waals surface area contributed by atoms with Gasteiger partial charge in [0.15, 0.2) is 0 Å². The summed E-state index contributed by atoms with van der Waals surface area (Å²) in [6, 6.07) is 8.49. The van der Waals surface area contributed by atoms with Crippen LogP contribution in [-0.4, -0.2) is 34.7 Å². The molecule has 34 heavy (non-hydrogen) atoms. The van der Waals surface area contributed by atoms with E-state index in [0.29, 0.717) is 36.1 Å². The Morgan fingerprint density at radius 1 is 0.676 bits per heavy atom. The number of thiophene rings is 2. The second kappa shape index (κ2) is 10.2. The Bertz CT molecular complexity index is 1060. The molecule has 2 aromatic heterocycles. The lowest BCUT2D eigenvalue weighted by Crippen LogP contribution is -2.30. The molecule has 4 rings (SSSR count). The van der Waals surface area contributed by atoms with Crippen molar-refractivity contribution in [1.82, 2.24) is 9.80 Å². The molecular weight excluding hydrogens is 460 g/mol. The average Bonchev–Trinajstić information content (AvgIpc) is 3.56. The second-order valence-corrected chi connectivity index (χ2v) is 12.0. The minimum atomic E-state index is -0.0141. The summed E-state index contributed by atoms with van der Waals surface area (Å²) in [6.45, 7) is 14.3. The summed E-state index contributed by atoms with van der Waals surface area (Å²) >= 11 is 3.42. The fourth-order valence-electron chi connectivity index (χ4n) is 4.55. The molecule has 0 bridgehead atoms. The normalized spacial score (nSPS) is 16.4. The summed E-state index contributed by atoms with van der Waals surface area (Å²) in [5, 5.41) is 0. The zero-order valence-electron chi connectivity index (χ0n) is 21.2. The Labute approximate surface area is 212 Å². The van der Waals surface area contributed by atoms with Crippen molar-refractivity contribution in [2.24, 2.45) is 0 Å². The van der Waals surface area contributed by atoms with E-state index in [4.69, 9.17) is 0 Å². The smallest absolute Gasteiger partial charge is 0.261 e. The summed E-state index contributed by atoms with van der Waals surface area (Å²) in [4.78, 5) is 36.3. The van der Waals surface area contributed by atoms with Gasteiger partial charge in [0.25, 0.3) is 11.8 Å². The van der Waals surface area contributed by atoms with Crippen LogP contribution < -0.4 is 0 Å². The number of hydrogen-bond donors (Lipinski definition) is 0. The van der Waals surface area contributed by atoms with E-state index in [2.05, 4.69) is 65.8 Å². The molecule has 2 amide bonds. The highest BCUT2D eigenvalue weighted by Gasteiger charge is 2.49. The van der Waals surface area contributed by atoms with Crippen LogP contribution in [0.25, 0.3) is 11.4 Å². The van der Waals surface area contributed by atoms with Crippen molar-refractivity contribution in [2.45, 2.75) is 79.1 Å². The standard InChI is InChI=1S/C28H36N2O2S2/c1-7-9-15-29-25(21-13-11-19(33-21)17(3)4)23-24(27(29)31)26(30(28(23)32)16-10-8-2)22-14-12-20(34-22)18(5)6/h11-14,17-18H,7-10,15-16H2,1-6H3. The molecule has 182 valence electrons. The van der Waals surface area contributed by atoms with Gasteiger partial charge >= 0.3 is 0 Å². The van der Waals surface area contributed by atoms with E-state index in [0.717, 1.165) is 46.8 Å². The van der Waals surface area contributed by atoms with Gasteiger partial charge in [-0.15, -0.1) is 22.7 Å². The lowest BCUT2D eigenvalue weighted by molar-refractivity contribution is -0.124. The van der Waals surface area contributed by atoms with E-state index >= 15 is 0 Å². The van der Waals surface area contributed by atoms with Crippen molar-refractivity contribution in [3.8, 4) is 0 Å². The molecule has 6 heteroatoms. The highest BCUT2D eigenvalue weighted by atomic mass is 32.1. The number of unbranched alkanes of at least 4 members (excludes halogenated alkanes) is 2. The van der Waals surface area contributed by atoms with E-state index in [1.807, 2.05) is 9.80 Å². The van der Waals surface area contributed by atoms with Crippen molar-refractivity contribution in [1.29, 1.82) is 0 Å². The van der Waals surface area contributed by atoms with E-state index in [-0.39, 0.29) is 11.8 Å². The lowest BCUT2D eigenvalue weighted by atomic mass is 10.1. The van der Waals surface area contributed by atoms with Crippen LogP contribution in [0.1, 0.15) is 98.6 Å². The number of hydrogen-bond acceptors (Lipinski definition) is 4. The van der Waals surface area contributed by atoms with Gasteiger partial charge in [0, 0.05) is 22.8 Å². The molecule has 0 spiro atoms. The number of fused-ring (bicyclic) bond motifs is 1. The molecule has 4 heterocycles. The van der Waals surface area contributed by atoms with Gasteiger partial charge in [-0.25, -0.2) is 0 Å². The molecule has 0 N–H and O–H groups in total. The highest BCUT2D eigenvalue weighted by Crippen LogP contribution is 2.49. The first-order valence-electron chi connectivity index (χ1n) is 12.6. The summed E-state index contributed by atoms with van der Waals surface area (Å²) in [5.74, 6) is 0.800. The van der Waals surface area contributed by atoms with Crippen LogP contribution in [0.2, 0.25) is 0 Å². The number of nitrogens with zero attached hydrogens (tertiary/aromatic N) is 2. The monoisotopic (exact) mass is 496 g/mol. The van der Waals surface area contributed by atoms with Gasteiger partial charge in [-0.3, -0.25) is 9.59 Å². The van der Waals surface area contributed by atoms with E-state index in [1.54, 1.807) is 22.7 Å².